The summed E-state index contributed by atoms with van der Waals surface area (Å²) >= 11 is 0. The lowest BCUT2D eigenvalue weighted by molar-refractivity contribution is 0.0519. The van der Waals surface area contributed by atoms with Crippen molar-refractivity contribution in [2.24, 2.45) is 0 Å². The summed E-state index contributed by atoms with van der Waals surface area (Å²) in [4.78, 5) is 18.8. The van der Waals surface area contributed by atoms with Gasteiger partial charge in [0.05, 0.1) is 6.61 Å². The molecular weight excluding hydrogens is 180 g/mol. The van der Waals surface area contributed by atoms with Crippen molar-refractivity contribution in [2.75, 3.05) is 6.61 Å². The molecule has 1 aromatic rings. The molecule has 1 aliphatic rings. The number of nitrogens with zero attached hydrogens (tertiary/aromatic N) is 1. The van der Waals surface area contributed by atoms with Crippen molar-refractivity contribution in [3.8, 4) is 0 Å². The van der Waals surface area contributed by atoms with Crippen LogP contribution in [-0.2, 0) is 4.74 Å². The Labute approximate surface area is 82.7 Å². The Morgan fingerprint density at radius 1 is 1.64 bits per heavy atom. The quantitative estimate of drug-likeness (QED) is 0.746. The van der Waals surface area contributed by atoms with Crippen molar-refractivity contribution in [3.63, 3.8) is 0 Å². The zero-order valence-corrected chi connectivity index (χ0v) is 8.46. The molecular formula is C10H14N2O2. The van der Waals surface area contributed by atoms with Crippen LogP contribution >= 0.6 is 0 Å². The first kappa shape index (κ1) is 9.24. The Bertz CT molecular complexity index is 353. The molecule has 0 atom stereocenters. The smallest absolute Gasteiger partial charge is 0.358 e. The average molecular weight is 194 g/mol. The van der Waals surface area contributed by atoms with Crippen LogP contribution in [0.4, 0.5) is 0 Å². The average Bonchev–Trinajstić information content (AvgIpc) is 2.91. The first-order valence-electron chi connectivity index (χ1n) is 4.96. The van der Waals surface area contributed by atoms with Gasteiger partial charge in [-0.25, -0.2) is 9.78 Å². The van der Waals surface area contributed by atoms with E-state index < -0.39 is 0 Å². The molecule has 0 unspecified atom stereocenters. The van der Waals surface area contributed by atoms with Gasteiger partial charge in [0.25, 0.3) is 0 Å². The fourth-order valence-electron chi connectivity index (χ4n) is 1.43. The largest absolute Gasteiger partial charge is 0.461 e. The number of aromatic amines is 1. The number of carbonyl (C=O) groups is 1. The predicted molar refractivity (Wildman–Crippen MR) is 51.3 cm³/mol. The lowest BCUT2D eigenvalue weighted by atomic mass is 10.3. The zero-order chi connectivity index (χ0) is 10.1. The van der Waals surface area contributed by atoms with Crippen LogP contribution < -0.4 is 0 Å². The third kappa shape index (κ3) is 1.64. The maximum atomic E-state index is 11.4. The standard InChI is InChI=1S/C10H14N2O2/c1-3-14-10(13)8-6(2)11-9(12-8)7-4-5-7/h7H,3-5H2,1-2H3,(H,11,12). The predicted octanol–water partition coefficient (Wildman–Crippen LogP) is 1.77. The number of nitrogens with one attached hydrogen (secondary N) is 1. The van der Waals surface area contributed by atoms with Crippen molar-refractivity contribution >= 4 is 5.97 Å². The summed E-state index contributed by atoms with van der Waals surface area (Å²) in [5.41, 5.74) is 1.25. The molecule has 1 aliphatic carbocycles. The number of aryl methyl sites for hydroxylation is 1. The van der Waals surface area contributed by atoms with Crippen LogP contribution in [-0.4, -0.2) is 22.5 Å². The monoisotopic (exact) mass is 194 g/mol. The summed E-state index contributed by atoms with van der Waals surface area (Å²) in [5, 5.41) is 0. The first-order chi connectivity index (χ1) is 6.72. The molecule has 2 rings (SSSR count). The van der Waals surface area contributed by atoms with E-state index in [0.29, 0.717) is 18.2 Å². The van der Waals surface area contributed by atoms with E-state index in [1.165, 1.54) is 12.8 Å². The van der Waals surface area contributed by atoms with Gasteiger partial charge < -0.3 is 9.72 Å². The van der Waals surface area contributed by atoms with Crippen molar-refractivity contribution in [1.82, 2.24) is 9.97 Å². The van der Waals surface area contributed by atoms with Gasteiger partial charge >= 0.3 is 5.97 Å². The van der Waals surface area contributed by atoms with Gasteiger partial charge in [0.15, 0.2) is 5.69 Å². The summed E-state index contributed by atoms with van der Waals surface area (Å²) in [6.45, 7) is 4.04. The van der Waals surface area contributed by atoms with Gasteiger partial charge in [0, 0.05) is 11.6 Å². The molecule has 0 saturated heterocycles. The molecule has 1 saturated carbocycles. The van der Waals surface area contributed by atoms with E-state index in [0.717, 1.165) is 11.5 Å². The van der Waals surface area contributed by atoms with E-state index in [1.807, 2.05) is 6.92 Å². The minimum absolute atomic E-state index is 0.326. The number of imidazole rings is 1. The fraction of sp³-hybridized carbons (Fsp3) is 0.600. The lowest BCUT2D eigenvalue weighted by Gasteiger charge is -1.97. The van der Waals surface area contributed by atoms with Crippen LogP contribution in [0.1, 0.15) is 47.7 Å². The van der Waals surface area contributed by atoms with Gasteiger partial charge in [-0.2, -0.15) is 0 Å². The van der Waals surface area contributed by atoms with Gasteiger partial charge in [-0.1, -0.05) is 0 Å². The van der Waals surface area contributed by atoms with Crippen LogP contribution in [0.15, 0.2) is 0 Å². The Morgan fingerprint density at radius 3 is 2.93 bits per heavy atom. The number of hydrogen-bond donors (Lipinski definition) is 1. The Morgan fingerprint density at radius 2 is 2.36 bits per heavy atom. The van der Waals surface area contributed by atoms with Crippen molar-refractivity contribution in [3.05, 3.63) is 17.2 Å². The Hall–Kier alpha value is -1.32. The van der Waals surface area contributed by atoms with Crippen molar-refractivity contribution < 1.29 is 9.53 Å². The maximum absolute atomic E-state index is 11.4. The highest BCUT2D eigenvalue weighted by Gasteiger charge is 2.28. The summed E-state index contributed by atoms with van der Waals surface area (Å²) < 4.78 is 4.90. The van der Waals surface area contributed by atoms with Crippen LogP contribution in [0.2, 0.25) is 0 Å². The second-order valence-electron chi connectivity index (χ2n) is 3.59. The Balaban J connectivity index is 2.19. The van der Waals surface area contributed by atoms with Gasteiger partial charge in [-0.05, 0) is 26.7 Å². The molecule has 0 amide bonds. The summed E-state index contributed by atoms with van der Waals surface area (Å²) in [6, 6.07) is 0. The van der Waals surface area contributed by atoms with E-state index in [1.54, 1.807) is 6.92 Å². The number of carbonyl (C=O) groups excluding carboxylic acids is 1. The number of esters is 1. The SMILES string of the molecule is CCOC(=O)c1nc(C2CC2)[nH]c1C. The van der Waals surface area contributed by atoms with Gasteiger partial charge in [-0.3, -0.25) is 0 Å². The minimum Gasteiger partial charge on any atom is -0.461 e. The molecule has 1 aromatic heterocycles. The molecule has 0 aliphatic heterocycles. The number of ether oxygens (including phenoxy) is 1. The maximum Gasteiger partial charge on any atom is 0.358 e. The summed E-state index contributed by atoms with van der Waals surface area (Å²) in [7, 11) is 0. The summed E-state index contributed by atoms with van der Waals surface area (Å²) in [6.07, 6.45) is 2.35. The molecule has 1 heterocycles. The minimum atomic E-state index is -0.326. The summed E-state index contributed by atoms with van der Waals surface area (Å²) in [5.74, 6) is 1.15. The number of H-pyrrole nitrogens is 1. The molecule has 4 heteroatoms. The van der Waals surface area contributed by atoms with Gasteiger partial charge in [0.2, 0.25) is 0 Å². The zero-order valence-electron chi connectivity index (χ0n) is 8.46. The molecule has 76 valence electrons. The number of hydrogen-bond acceptors (Lipinski definition) is 3. The van der Waals surface area contributed by atoms with E-state index in [2.05, 4.69) is 9.97 Å². The normalized spacial score (nSPS) is 15.6. The lowest BCUT2D eigenvalue weighted by Crippen LogP contribution is -2.06. The number of aromatic nitrogens is 2. The van der Waals surface area contributed by atoms with E-state index in [9.17, 15) is 4.79 Å². The van der Waals surface area contributed by atoms with E-state index >= 15 is 0 Å². The van der Waals surface area contributed by atoms with Crippen molar-refractivity contribution in [1.29, 1.82) is 0 Å². The second-order valence-corrected chi connectivity index (χ2v) is 3.59. The molecule has 0 radical (unpaired) electrons. The van der Waals surface area contributed by atoms with Gasteiger partial charge in [-0.15, -0.1) is 0 Å². The topological polar surface area (TPSA) is 55.0 Å². The fourth-order valence-corrected chi connectivity index (χ4v) is 1.43. The highest BCUT2D eigenvalue weighted by atomic mass is 16.5. The third-order valence-electron chi connectivity index (χ3n) is 2.34. The third-order valence-corrected chi connectivity index (χ3v) is 2.34. The second kappa shape index (κ2) is 3.44. The molecule has 1 fully saturated rings. The Kier molecular flexibility index (Phi) is 2.27. The molecule has 0 aromatic carbocycles. The van der Waals surface area contributed by atoms with Crippen LogP contribution in [0.3, 0.4) is 0 Å². The molecule has 1 N–H and O–H groups in total. The molecule has 14 heavy (non-hydrogen) atoms. The highest BCUT2D eigenvalue weighted by Crippen LogP contribution is 2.38. The van der Waals surface area contributed by atoms with Crippen LogP contribution in [0.5, 0.6) is 0 Å². The van der Waals surface area contributed by atoms with Crippen molar-refractivity contribution in [2.45, 2.75) is 32.6 Å². The van der Waals surface area contributed by atoms with E-state index in [-0.39, 0.29) is 5.97 Å². The van der Waals surface area contributed by atoms with E-state index in [4.69, 9.17) is 4.74 Å². The van der Waals surface area contributed by atoms with Crippen LogP contribution in [0.25, 0.3) is 0 Å². The molecule has 0 bridgehead atoms. The number of rotatable bonds is 3. The molecule has 4 nitrogen and oxygen atoms in total. The first-order valence-corrected chi connectivity index (χ1v) is 4.96. The highest BCUT2D eigenvalue weighted by molar-refractivity contribution is 5.88. The molecule has 0 spiro atoms. The van der Waals surface area contributed by atoms with Crippen LogP contribution in [0, 0.1) is 6.92 Å². The van der Waals surface area contributed by atoms with Gasteiger partial charge in [0.1, 0.15) is 5.82 Å².